The van der Waals surface area contributed by atoms with Gasteiger partial charge in [-0.15, -0.1) is 0 Å². The van der Waals surface area contributed by atoms with E-state index in [4.69, 9.17) is 11.6 Å². The molecule has 6 nitrogen and oxygen atoms in total. The zero-order valence-electron chi connectivity index (χ0n) is 13.7. The van der Waals surface area contributed by atoms with Gasteiger partial charge in [-0.2, -0.15) is 4.98 Å². The molecule has 1 N–H and O–H groups in total. The fourth-order valence-corrected chi connectivity index (χ4v) is 3.83. The maximum atomic E-state index is 13.0. The van der Waals surface area contributed by atoms with Gasteiger partial charge in [-0.3, -0.25) is 0 Å². The molecule has 0 atom stereocenters. The zero-order chi connectivity index (χ0) is 18.9. The van der Waals surface area contributed by atoms with Gasteiger partial charge in [0.15, 0.2) is 11.6 Å². The summed E-state index contributed by atoms with van der Waals surface area (Å²) < 4.78 is 26.5. The minimum absolute atomic E-state index is 0.0877. The van der Waals surface area contributed by atoms with E-state index in [9.17, 15) is 8.96 Å². The molecule has 0 aliphatic rings. The summed E-state index contributed by atoms with van der Waals surface area (Å²) in [6.07, 6.45) is 3.70. The fourth-order valence-electron chi connectivity index (χ4n) is 2.24. The fraction of sp³-hybridized carbons (Fsp3) is 0.125. The number of nitrogens with zero attached hydrogens (tertiary/aromatic N) is 4. The van der Waals surface area contributed by atoms with E-state index in [2.05, 4.69) is 41.2 Å². The number of aromatic nitrogens is 4. The van der Waals surface area contributed by atoms with Crippen molar-refractivity contribution in [1.82, 2.24) is 19.9 Å². The van der Waals surface area contributed by atoms with Crippen LogP contribution in [0.2, 0.25) is 5.28 Å². The molecule has 3 aromatic rings. The lowest BCUT2D eigenvalue weighted by Crippen LogP contribution is -2.11. The number of benzene rings is 1. The standard InChI is InChI=1S/C16H13BrClFN5OP/c1-26(2,25)13-5-9(14-20-6-10(19)7-21-14)3-4-12(13)23-15-11(17)8-22-16(18)24-15/h3-8H,1-2H3,(H,22,23,24). The summed E-state index contributed by atoms with van der Waals surface area (Å²) in [4.78, 5) is 15.9. The van der Waals surface area contributed by atoms with E-state index in [1.165, 1.54) is 6.20 Å². The Morgan fingerprint density at radius 3 is 2.50 bits per heavy atom. The van der Waals surface area contributed by atoms with Gasteiger partial charge in [0, 0.05) is 17.1 Å². The first-order chi connectivity index (χ1) is 12.2. The topological polar surface area (TPSA) is 80.7 Å². The molecule has 0 aliphatic carbocycles. The molecule has 0 bridgehead atoms. The Kier molecular flexibility index (Phi) is 5.37. The van der Waals surface area contributed by atoms with Gasteiger partial charge in [-0.1, -0.05) is 0 Å². The highest BCUT2D eigenvalue weighted by Crippen LogP contribution is 2.40. The summed E-state index contributed by atoms with van der Waals surface area (Å²) in [5.74, 6) is 0.277. The van der Waals surface area contributed by atoms with Crippen molar-refractivity contribution >= 4 is 51.5 Å². The van der Waals surface area contributed by atoms with Crippen molar-refractivity contribution in [2.45, 2.75) is 0 Å². The molecule has 2 heterocycles. The van der Waals surface area contributed by atoms with Crippen LogP contribution in [0.25, 0.3) is 11.4 Å². The van der Waals surface area contributed by atoms with Crippen molar-refractivity contribution < 1.29 is 8.96 Å². The van der Waals surface area contributed by atoms with Gasteiger partial charge in [-0.25, -0.2) is 19.3 Å². The van der Waals surface area contributed by atoms with E-state index in [-0.39, 0.29) is 5.28 Å². The van der Waals surface area contributed by atoms with Gasteiger partial charge in [0.25, 0.3) is 0 Å². The summed E-state index contributed by atoms with van der Waals surface area (Å²) >= 11 is 9.20. The van der Waals surface area contributed by atoms with Gasteiger partial charge in [0.05, 0.1) is 22.6 Å². The van der Waals surface area contributed by atoms with Crippen molar-refractivity contribution in [2.24, 2.45) is 0 Å². The van der Waals surface area contributed by atoms with Crippen LogP contribution in [0.4, 0.5) is 15.9 Å². The summed E-state index contributed by atoms with van der Waals surface area (Å²) in [5, 5.41) is 3.80. The molecular weight excluding hydrogens is 444 g/mol. The Balaban J connectivity index is 2.07. The number of rotatable bonds is 4. The van der Waals surface area contributed by atoms with Gasteiger partial charge >= 0.3 is 0 Å². The van der Waals surface area contributed by atoms with Gasteiger partial charge in [-0.05, 0) is 59.1 Å². The molecule has 10 heteroatoms. The lowest BCUT2D eigenvalue weighted by atomic mass is 10.2. The minimum atomic E-state index is -2.66. The molecule has 0 fully saturated rings. The monoisotopic (exact) mass is 455 g/mol. The number of halogens is 3. The first kappa shape index (κ1) is 18.9. The molecule has 26 heavy (non-hydrogen) atoms. The lowest BCUT2D eigenvalue weighted by Gasteiger charge is -2.16. The van der Waals surface area contributed by atoms with Crippen molar-refractivity contribution in [3.8, 4) is 11.4 Å². The van der Waals surface area contributed by atoms with Crippen LogP contribution in [0.15, 0.2) is 41.3 Å². The molecule has 1 aromatic carbocycles. The van der Waals surface area contributed by atoms with Crippen LogP contribution in [0.1, 0.15) is 0 Å². The molecule has 2 aromatic heterocycles. The van der Waals surface area contributed by atoms with Crippen LogP contribution in [-0.4, -0.2) is 33.3 Å². The molecular formula is C16H13BrClFN5OP. The Bertz CT molecular complexity index is 1010. The summed E-state index contributed by atoms with van der Waals surface area (Å²) in [6.45, 7) is 3.32. The molecule has 0 saturated heterocycles. The third kappa shape index (κ3) is 4.26. The average molecular weight is 457 g/mol. The van der Waals surface area contributed by atoms with Crippen LogP contribution in [0.3, 0.4) is 0 Å². The predicted molar refractivity (Wildman–Crippen MR) is 105 cm³/mol. The summed E-state index contributed by atoms with van der Waals surface area (Å²) in [7, 11) is -2.66. The van der Waals surface area contributed by atoms with E-state index in [0.29, 0.717) is 32.7 Å². The molecule has 0 saturated carbocycles. The van der Waals surface area contributed by atoms with E-state index in [1.54, 1.807) is 31.5 Å². The van der Waals surface area contributed by atoms with E-state index in [0.717, 1.165) is 12.4 Å². The minimum Gasteiger partial charge on any atom is -0.339 e. The number of hydrogen-bond donors (Lipinski definition) is 1. The SMILES string of the molecule is CP(C)(=O)c1cc(-c2ncc(F)cn2)ccc1Nc1nc(Cl)ncc1Br. The molecule has 0 aliphatic heterocycles. The number of anilines is 2. The highest BCUT2D eigenvalue weighted by Gasteiger charge is 2.19. The van der Waals surface area contributed by atoms with E-state index in [1.807, 2.05) is 0 Å². The van der Waals surface area contributed by atoms with Crippen LogP contribution in [-0.2, 0) is 4.57 Å². The zero-order valence-corrected chi connectivity index (χ0v) is 17.0. The van der Waals surface area contributed by atoms with Gasteiger partial charge < -0.3 is 9.88 Å². The van der Waals surface area contributed by atoms with Gasteiger partial charge in [0.2, 0.25) is 5.28 Å². The Labute approximate surface area is 162 Å². The van der Waals surface area contributed by atoms with Crippen LogP contribution >= 0.6 is 34.7 Å². The largest absolute Gasteiger partial charge is 0.339 e. The second kappa shape index (κ2) is 7.39. The maximum Gasteiger partial charge on any atom is 0.224 e. The molecule has 3 rings (SSSR count). The molecule has 0 amide bonds. The van der Waals surface area contributed by atoms with Crippen molar-refractivity contribution in [2.75, 3.05) is 18.6 Å². The Morgan fingerprint density at radius 2 is 1.85 bits per heavy atom. The van der Waals surface area contributed by atoms with Crippen molar-refractivity contribution in [3.05, 3.63) is 52.4 Å². The summed E-state index contributed by atoms with van der Waals surface area (Å²) in [5.41, 5.74) is 1.24. The average Bonchev–Trinajstić information content (AvgIpc) is 2.58. The summed E-state index contributed by atoms with van der Waals surface area (Å²) in [6, 6.07) is 5.23. The third-order valence-corrected chi connectivity index (χ3v) is 5.72. The second-order valence-electron chi connectivity index (χ2n) is 5.77. The lowest BCUT2D eigenvalue weighted by molar-refractivity contribution is 0.588. The molecule has 0 spiro atoms. The number of nitrogens with one attached hydrogen (secondary N) is 1. The first-order valence-electron chi connectivity index (χ1n) is 7.36. The first-order valence-corrected chi connectivity index (χ1v) is 11.1. The van der Waals surface area contributed by atoms with Gasteiger partial charge in [0.1, 0.15) is 13.0 Å². The molecule has 0 unspecified atom stereocenters. The second-order valence-corrected chi connectivity index (χ2v) is 10.1. The normalized spacial score (nSPS) is 11.4. The van der Waals surface area contributed by atoms with Crippen LogP contribution < -0.4 is 10.6 Å². The number of hydrogen-bond acceptors (Lipinski definition) is 6. The van der Waals surface area contributed by atoms with Crippen molar-refractivity contribution in [3.63, 3.8) is 0 Å². The molecule has 0 radical (unpaired) electrons. The highest BCUT2D eigenvalue weighted by atomic mass is 79.9. The van der Waals surface area contributed by atoms with Crippen LogP contribution in [0.5, 0.6) is 0 Å². The smallest absolute Gasteiger partial charge is 0.224 e. The van der Waals surface area contributed by atoms with E-state index >= 15 is 0 Å². The highest BCUT2D eigenvalue weighted by molar-refractivity contribution is 9.10. The molecule has 134 valence electrons. The Hall–Kier alpha value is -1.89. The predicted octanol–water partition coefficient (Wildman–Crippen LogP) is 4.48. The Morgan fingerprint density at radius 1 is 1.15 bits per heavy atom. The quantitative estimate of drug-likeness (QED) is 0.460. The third-order valence-electron chi connectivity index (χ3n) is 3.42. The maximum absolute atomic E-state index is 13.0. The van der Waals surface area contributed by atoms with Crippen LogP contribution in [0, 0.1) is 5.82 Å². The van der Waals surface area contributed by atoms with Crippen molar-refractivity contribution in [1.29, 1.82) is 0 Å². The van der Waals surface area contributed by atoms with E-state index < -0.39 is 13.0 Å².